The molecule has 1 aromatic rings. The minimum absolute atomic E-state index is 0.194. The highest BCUT2D eigenvalue weighted by molar-refractivity contribution is 5.93. The van der Waals surface area contributed by atoms with Crippen molar-refractivity contribution in [3.05, 3.63) is 29.8 Å². The molecule has 0 heterocycles. The molecule has 4 nitrogen and oxygen atoms in total. The Hall–Kier alpha value is -1.55. The maximum absolute atomic E-state index is 10.6. The summed E-state index contributed by atoms with van der Waals surface area (Å²) in [6, 6.07) is 6.52. The Balaban J connectivity index is 3.00. The van der Waals surface area contributed by atoms with E-state index >= 15 is 0 Å². The van der Waals surface area contributed by atoms with E-state index < -0.39 is 5.97 Å². The molecular formula is C8H9NO3. The SMILES string of the molecule is CONc1ccccc1C(=O)O. The third kappa shape index (κ3) is 1.73. The van der Waals surface area contributed by atoms with Crippen LogP contribution >= 0.6 is 0 Å². The topological polar surface area (TPSA) is 58.6 Å². The highest BCUT2D eigenvalue weighted by atomic mass is 16.6. The Morgan fingerprint density at radius 3 is 2.75 bits per heavy atom. The van der Waals surface area contributed by atoms with Crippen molar-refractivity contribution in [3.63, 3.8) is 0 Å². The second kappa shape index (κ2) is 3.73. The molecule has 0 aliphatic carbocycles. The van der Waals surface area contributed by atoms with E-state index in [0.29, 0.717) is 5.69 Å². The van der Waals surface area contributed by atoms with Gasteiger partial charge in [0.25, 0.3) is 0 Å². The van der Waals surface area contributed by atoms with Crippen molar-refractivity contribution < 1.29 is 14.7 Å². The summed E-state index contributed by atoms with van der Waals surface area (Å²) in [7, 11) is 1.43. The number of hydrogen-bond donors (Lipinski definition) is 2. The molecule has 4 heteroatoms. The summed E-state index contributed by atoms with van der Waals surface area (Å²) >= 11 is 0. The summed E-state index contributed by atoms with van der Waals surface area (Å²) in [5, 5.41) is 8.70. The van der Waals surface area contributed by atoms with Crippen molar-refractivity contribution in [3.8, 4) is 0 Å². The summed E-state index contributed by atoms with van der Waals surface area (Å²) < 4.78 is 0. The molecule has 12 heavy (non-hydrogen) atoms. The van der Waals surface area contributed by atoms with Gasteiger partial charge in [-0.25, -0.2) is 4.79 Å². The fourth-order valence-corrected chi connectivity index (χ4v) is 0.869. The van der Waals surface area contributed by atoms with Gasteiger partial charge in [-0.1, -0.05) is 12.1 Å². The number of nitrogens with one attached hydrogen (secondary N) is 1. The lowest BCUT2D eigenvalue weighted by molar-refractivity contribution is 0.0697. The van der Waals surface area contributed by atoms with E-state index in [2.05, 4.69) is 10.3 Å². The summed E-state index contributed by atoms with van der Waals surface area (Å²) in [6.45, 7) is 0. The average molecular weight is 167 g/mol. The van der Waals surface area contributed by atoms with Crippen LogP contribution in [0.2, 0.25) is 0 Å². The highest BCUT2D eigenvalue weighted by Crippen LogP contribution is 2.13. The number of anilines is 1. The van der Waals surface area contributed by atoms with E-state index in [1.54, 1.807) is 18.2 Å². The van der Waals surface area contributed by atoms with Crippen molar-refractivity contribution in [2.75, 3.05) is 12.6 Å². The minimum Gasteiger partial charge on any atom is -0.478 e. The Labute approximate surface area is 69.7 Å². The number of aromatic carboxylic acids is 1. The Bertz CT molecular complexity index is 285. The fourth-order valence-electron chi connectivity index (χ4n) is 0.869. The zero-order valence-electron chi connectivity index (χ0n) is 6.57. The minimum atomic E-state index is -0.977. The molecule has 0 atom stereocenters. The number of carboxylic acids is 1. The Kier molecular flexibility index (Phi) is 2.66. The lowest BCUT2D eigenvalue weighted by Crippen LogP contribution is -2.04. The maximum Gasteiger partial charge on any atom is 0.337 e. The van der Waals surface area contributed by atoms with Crippen molar-refractivity contribution in [2.24, 2.45) is 0 Å². The zero-order valence-corrected chi connectivity index (χ0v) is 6.57. The smallest absolute Gasteiger partial charge is 0.337 e. The van der Waals surface area contributed by atoms with E-state index in [-0.39, 0.29) is 5.56 Å². The van der Waals surface area contributed by atoms with Crippen LogP contribution in [0.4, 0.5) is 5.69 Å². The second-order valence-electron chi connectivity index (χ2n) is 2.16. The predicted octanol–water partition coefficient (Wildman–Crippen LogP) is 1.36. The van der Waals surface area contributed by atoms with Crippen molar-refractivity contribution in [1.29, 1.82) is 0 Å². The Morgan fingerprint density at radius 2 is 2.17 bits per heavy atom. The first-order chi connectivity index (χ1) is 5.75. The van der Waals surface area contributed by atoms with Gasteiger partial charge in [0.15, 0.2) is 0 Å². The van der Waals surface area contributed by atoms with Gasteiger partial charge in [0.05, 0.1) is 18.4 Å². The third-order valence-corrected chi connectivity index (χ3v) is 1.37. The third-order valence-electron chi connectivity index (χ3n) is 1.37. The standard InChI is InChI=1S/C8H9NO3/c1-12-9-7-5-3-2-4-6(7)8(10)11/h2-5,9H,1H3,(H,10,11). The molecule has 0 amide bonds. The molecule has 1 rings (SSSR count). The van der Waals surface area contributed by atoms with E-state index in [0.717, 1.165) is 0 Å². The van der Waals surface area contributed by atoms with Gasteiger partial charge in [-0.2, -0.15) is 0 Å². The molecule has 0 aliphatic rings. The molecule has 64 valence electrons. The van der Waals surface area contributed by atoms with Crippen LogP contribution in [-0.4, -0.2) is 18.2 Å². The number of benzene rings is 1. The van der Waals surface area contributed by atoms with Crippen molar-refractivity contribution in [2.45, 2.75) is 0 Å². The molecule has 0 aliphatic heterocycles. The first-order valence-corrected chi connectivity index (χ1v) is 3.37. The van der Waals surface area contributed by atoms with Crippen LogP contribution in [0.5, 0.6) is 0 Å². The van der Waals surface area contributed by atoms with Crippen LogP contribution in [0.3, 0.4) is 0 Å². The van der Waals surface area contributed by atoms with Gasteiger partial charge in [-0.3, -0.25) is 10.3 Å². The van der Waals surface area contributed by atoms with Crippen LogP contribution < -0.4 is 5.48 Å². The largest absolute Gasteiger partial charge is 0.478 e. The Morgan fingerprint density at radius 1 is 1.50 bits per heavy atom. The molecule has 0 spiro atoms. The quantitative estimate of drug-likeness (QED) is 0.667. The van der Waals surface area contributed by atoms with E-state index in [4.69, 9.17) is 5.11 Å². The van der Waals surface area contributed by atoms with Crippen LogP contribution in [0.1, 0.15) is 10.4 Å². The van der Waals surface area contributed by atoms with E-state index in [9.17, 15) is 4.79 Å². The number of rotatable bonds is 3. The molecule has 0 unspecified atom stereocenters. The molecule has 1 aromatic carbocycles. The maximum atomic E-state index is 10.6. The van der Waals surface area contributed by atoms with Crippen LogP contribution in [0, 0.1) is 0 Å². The van der Waals surface area contributed by atoms with Gasteiger partial charge in [0.2, 0.25) is 0 Å². The first-order valence-electron chi connectivity index (χ1n) is 3.37. The highest BCUT2D eigenvalue weighted by Gasteiger charge is 2.07. The summed E-state index contributed by atoms with van der Waals surface area (Å²) in [6.07, 6.45) is 0. The summed E-state index contributed by atoms with van der Waals surface area (Å²) in [5.74, 6) is -0.977. The zero-order chi connectivity index (χ0) is 8.97. The molecule has 0 radical (unpaired) electrons. The number of carbonyl (C=O) groups is 1. The lowest BCUT2D eigenvalue weighted by Gasteiger charge is -2.05. The van der Waals surface area contributed by atoms with Gasteiger partial charge in [0.1, 0.15) is 0 Å². The van der Waals surface area contributed by atoms with Gasteiger partial charge in [-0.15, -0.1) is 0 Å². The van der Waals surface area contributed by atoms with Crippen LogP contribution in [0.25, 0.3) is 0 Å². The monoisotopic (exact) mass is 167 g/mol. The summed E-state index contributed by atoms with van der Waals surface area (Å²) in [5.41, 5.74) is 3.12. The second-order valence-corrected chi connectivity index (χ2v) is 2.16. The molecule has 0 aromatic heterocycles. The normalized spacial score (nSPS) is 9.42. The first kappa shape index (κ1) is 8.55. The van der Waals surface area contributed by atoms with Crippen LogP contribution in [-0.2, 0) is 4.84 Å². The van der Waals surface area contributed by atoms with Gasteiger partial charge in [-0.05, 0) is 12.1 Å². The van der Waals surface area contributed by atoms with E-state index in [1.807, 2.05) is 0 Å². The molecule has 2 N–H and O–H groups in total. The predicted molar refractivity (Wildman–Crippen MR) is 44.0 cm³/mol. The molecule has 0 saturated carbocycles. The van der Waals surface area contributed by atoms with E-state index in [1.165, 1.54) is 13.2 Å². The average Bonchev–Trinajstić information content (AvgIpc) is 2.05. The lowest BCUT2D eigenvalue weighted by atomic mass is 10.2. The number of hydrogen-bond acceptors (Lipinski definition) is 3. The molecular weight excluding hydrogens is 158 g/mol. The number of carboxylic acid groups (broad SMARTS) is 1. The molecule has 0 saturated heterocycles. The number of para-hydroxylation sites is 1. The van der Waals surface area contributed by atoms with Gasteiger partial charge >= 0.3 is 5.97 Å². The van der Waals surface area contributed by atoms with Crippen LogP contribution in [0.15, 0.2) is 24.3 Å². The van der Waals surface area contributed by atoms with Gasteiger partial charge < -0.3 is 5.11 Å². The molecule has 0 fully saturated rings. The fraction of sp³-hybridized carbons (Fsp3) is 0.125. The molecule has 0 bridgehead atoms. The van der Waals surface area contributed by atoms with Crippen molar-refractivity contribution >= 4 is 11.7 Å². The summed E-state index contributed by atoms with van der Waals surface area (Å²) in [4.78, 5) is 15.2. The van der Waals surface area contributed by atoms with Crippen molar-refractivity contribution in [1.82, 2.24) is 0 Å². The van der Waals surface area contributed by atoms with Gasteiger partial charge in [0, 0.05) is 0 Å².